The Morgan fingerprint density at radius 3 is 0.888 bits per heavy atom. The normalized spacial score (nSPS) is 14.0. The maximum Gasteiger partial charge on any atom is 0.357 e. The molecule has 33 heteroatoms. The van der Waals surface area contributed by atoms with Crippen molar-refractivity contribution in [1.82, 2.24) is 43.1 Å². The largest absolute Gasteiger partial charge is 0.362 e. The van der Waals surface area contributed by atoms with E-state index in [-0.39, 0.29) is 34.8 Å². The van der Waals surface area contributed by atoms with Crippen molar-refractivity contribution in [1.29, 1.82) is 0 Å². The van der Waals surface area contributed by atoms with Gasteiger partial charge < -0.3 is 57.8 Å². The zero-order valence-corrected chi connectivity index (χ0v) is 63.4. The summed E-state index contributed by atoms with van der Waals surface area (Å²) in [5, 5.41) is 40.4. The number of hydrogen-bond donors (Lipinski definition) is 0. The van der Waals surface area contributed by atoms with Crippen LogP contribution >= 0.6 is 58.0 Å². The van der Waals surface area contributed by atoms with E-state index in [1.54, 1.807) is 128 Å². The Labute approximate surface area is 639 Å². The van der Waals surface area contributed by atoms with Crippen LogP contribution in [-0.2, 0) is 19.6 Å². The monoisotopic (exact) mass is 1560 g/mol. The van der Waals surface area contributed by atoms with Crippen LogP contribution in [0, 0.1) is 36.2 Å². The van der Waals surface area contributed by atoms with Gasteiger partial charge in [0.1, 0.15) is 22.9 Å². The van der Waals surface area contributed by atoms with Crippen molar-refractivity contribution >= 4 is 143 Å². The van der Waals surface area contributed by atoms with E-state index in [0.717, 1.165) is 13.1 Å². The second kappa shape index (κ2) is 35.3. The molecule has 27 nitrogen and oxygen atoms in total. The number of anilines is 3. The van der Waals surface area contributed by atoms with Crippen LogP contribution < -0.4 is 31.4 Å². The highest BCUT2D eigenvalue weighted by Gasteiger charge is 2.37. The van der Waals surface area contributed by atoms with Crippen LogP contribution in [0.2, 0.25) is 25.1 Å². The van der Waals surface area contributed by atoms with E-state index >= 15 is 0 Å². The predicted molar refractivity (Wildman–Crippen MR) is 418 cm³/mol. The van der Waals surface area contributed by atoms with Gasteiger partial charge in [-0.05, 0) is 196 Å². The van der Waals surface area contributed by atoms with Gasteiger partial charge in [-0.1, -0.05) is 58.0 Å². The lowest BCUT2D eigenvalue weighted by molar-refractivity contribution is -0.385. The Kier molecular flexibility index (Phi) is 26.3. The Morgan fingerprint density at radius 2 is 0.626 bits per heavy atom. The molecule has 564 valence electrons. The van der Waals surface area contributed by atoms with E-state index in [9.17, 15) is 63.5 Å². The molecule has 9 aromatic rings. The number of aromatic nitrogens is 3. The lowest BCUT2D eigenvalue weighted by Gasteiger charge is -2.36. The maximum absolute atomic E-state index is 13.4. The predicted octanol–water partition coefficient (Wildman–Crippen LogP) is 11.5. The van der Waals surface area contributed by atoms with Gasteiger partial charge in [0.05, 0.1) is 31.3 Å². The lowest BCUT2D eigenvalue weighted by atomic mass is 10.1. The molecule has 0 saturated carbocycles. The van der Waals surface area contributed by atoms with E-state index in [2.05, 4.69) is 0 Å². The third-order valence-electron chi connectivity index (χ3n) is 18.7. The fourth-order valence-electron chi connectivity index (χ4n) is 13.4. The van der Waals surface area contributed by atoms with Gasteiger partial charge in [0.15, 0.2) is 0 Å². The number of nitro groups is 3. The molecule has 3 fully saturated rings. The van der Waals surface area contributed by atoms with Crippen molar-refractivity contribution in [2.45, 2.75) is 32.5 Å². The van der Waals surface area contributed by atoms with E-state index < -0.39 is 54.3 Å². The minimum Gasteiger partial charge on any atom is -0.362 e. The number of fused-ring (bicyclic) bond motifs is 3. The van der Waals surface area contributed by atoms with Crippen molar-refractivity contribution in [2.75, 3.05) is 155 Å². The van der Waals surface area contributed by atoms with Crippen molar-refractivity contribution in [3.8, 4) is 0 Å². The Bertz CT molecular complexity index is 4820. The molecule has 6 heterocycles. The van der Waals surface area contributed by atoms with Gasteiger partial charge in [0.2, 0.25) is 0 Å². The van der Waals surface area contributed by atoms with Crippen LogP contribution in [0.4, 0.5) is 38.5 Å². The summed E-state index contributed by atoms with van der Waals surface area (Å²) in [6.07, 6.45) is 1.30. The Hall–Kier alpha value is -9.78. The summed E-state index contributed by atoms with van der Waals surface area (Å²) in [6.45, 7) is 6.91. The molecule has 6 aromatic carbocycles. The fraction of sp³-hybridized carbons (Fsp3) is 0.351. The van der Waals surface area contributed by atoms with Gasteiger partial charge >= 0.3 is 33.7 Å². The van der Waals surface area contributed by atoms with Gasteiger partial charge in [-0.2, -0.15) is 0 Å². The van der Waals surface area contributed by atoms with Gasteiger partial charge in [0, 0.05) is 163 Å². The first-order chi connectivity index (χ1) is 51.0. The molecule has 0 spiro atoms. The van der Waals surface area contributed by atoms with E-state index in [1.165, 1.54) is 38.0 Å². The summed E-state index contributed by atoms with van der Waals surface area (Å²) in [4.78, 5) is 130. The van der Waals surface area contributed by atoms with Gasteiger partial charge in [-0.25, -0.2) is 4.39 Å². The summed E-state index contributed by atoms with van der Waals surface area (Å²) < 4.78 is 17.6. The highest BCUT2D eigenvalue weighted by molar-refractivity contribution is 6.33. The quantitative estimate of drug-likeness (QED) is 0.0506. The molecule has 3 aromatic heterocycles. The van der Waals surface area contributed by atoms with Gasteiger partial charge in [-0.15, -0.1) is 0 Å². The molecule has 3 amide bonds. The van der Waals surface area contributed by atoms with Crippen LogP contribution in [0.1, 0.15) is 43.9 Å². The zero-order chi connectivity index (χ0) is 77.2. The average molecular weight is 1570 g/mol. The van der Waals surface area contributed by atoms with Gasteiger partial charge in [-0.3, -0.25) is 59.1 Å². The standard InChI is InChI=1S/C25H27Cl2N5O4.C25H27ClFN5O4.C24H25Cl2N5O4/c1-28(2)10-3-11-31-21-9-8-19(27)16-20(21)22(23(25(31)34)32(35)36)29-12-14-30(15-13-29)24(33)17-4-6-18(26)7-5-17;1-28(2)10-3-11-31-21-9-6-18(26)16-20(21)22(23(25(31)34)32(35)36)29-12-14-30(15-13-29)24(33)17-4-7-19(27)8-5-17;1-27(2)9-14-30-20-8-7-18(26)15-19(20)21(22(24(30)33)31(34)35)28-10-12-29(13-11-28)23(32)16-3-5-17(25)6-4-16/h2*4-9,16H,3,10-15H2,1-2H3;3-8,15H,9-14H2,1-2H3. The topological polar surface area (TPSA) is 276 Å². The Balaban J connectivity index is 0.000000172. The number of piperazine rings is 3. The molecule has 0 unspecified atom stereocenters. The third-order valence-corrected chi connectivity index (χ3v) is 20.0. The first-order valence-corrected chi connectivity index (χ1v) is 36.3. The smallest absolute Gasteiger partial charge is 0.357 e. The molecule has 3 saturated heterocycles. The molecule has 12 rings (SSSR count). The number of carbonyl (C=O) groups excluding carboxylic acids is 3. The molecule has 0 N–H and O–H groups in total. The first kappa shape index (κ1) is 79.8. The molecule has 3 aliphatic heterocycles. The van der Waals surface area contributed by atoms with Gasteiger partial charge in [0.25, 0.3) is 17.7 Å². The molecular formula is C74H79Cl5FN15O12. The number of likely N-dealkylation sites (N-methyl/N-ethyl adjacent to an activating group) is 1. The summed E-state index contributed by atoms with van der Waals surface area (Å²) in [5.74, 6) is -0.938. The number of hydrogen-bond acceptors (Lipinski definition) is 18. The fourth-order valence-corrected chi connectivity index (χ4v) is 14.2. The number of aryl methyl sites for hydroxylation is 2. The summed E-state index contributed by atoms with van der Waals surface area (Å²) in [5.41, 5.74) is 0.522. The molecule has 0 bridgehead atoms. The second-order valence-corrected chi connectivity index (χ2v) is 28.9. The van der Waals surface area contributed by atoms with Crippen molar-refractivity contribution in [3.63, 3.8) is 0 Å². The van der Waals surface area contributed by atoms with Crippen LogP contribution in [0.5, 0.6) is 0 Å². The summed E-state index contributed by atoms with van der Waals surface area (Å²) in [7, 11) is 11.5. The number of nitrogens with zero attached hydrogens (tertiary/aromatic N) is 15. The highest BCUT2D eigenvalue weighted by atomic mass is 35.5. The van der Waals surface area contributed by atoms with Crippen molar-refractivity contribution in [3.05, 3.63) is 236 Å². The lowest BCUT2D eigenvalue weighted by Crippen LogP contribution is -2.49. The number of carbonyl (C=O) groups is 3. The zero-order valence-electron chi connectivity index (χ0n) is 59.6. The summed E-state index contributed by atoms with van der Waals surface area (Å²) in [6, 6.07) is 33.9. The van der Waals surface area contributed by atoms with Crippen molar-refractivity contribution in [2.24, 2.45) is 0 Å². The van der Waals surface area contributed by atoms with Crippen LogP contribution in [0.25, 0.3) is 32.7 Å². The average Bonchev–Trinajstić information content (AvgIpc) is 0.757. The SMILES string of the molecule is CN(C)CCCn1c(=O)c([N+](=O)[O-])c(N2CCN(C(=O)c3ccc(Cl)cc3)CC2)c2cc(Cl)ccc21.CN(C)CCCn1c(=O)c([N+](=O)[O-])c(N2CCN(C(=O)c3ccc(F)cc3)CC2)c2cc(Cl)ccc21.CN(C)CCn1c(=O)c([N+](=O)[O-])c(N2CCN(C(=O)c3ccc(Cl)cc3)CC2)c2cc(Cl)ccc21. The highest BCUT2D eigenvalue weighted by Crippen LogP contribution is 2.40. The molecular weight excluding hydrogens is 1490 g/mol. The minimum atomic E-state index is -0.659. The summed E-state index contributed by atoms with van der Waals surface area (Å²) >= 11 is 30.7. The molecule has 0 aliphatic carbocycles. The first-order valence-electron chi connectivity index (χ1n) is 34.4. The van der Waals surface area contributed by atoms with Crippen LogP contribution in [0.15, 0.2) is 142 Å². The third kappa shape index (κ3) is 18.6. The number of amides is 3. The molecule has 0 radical (unpaired) electrons. The van der Waals surface area contributed by atoms with Crippen molar-refractivity contribution < 1.29 is 33.5 Å². The van der Waals surface area contributed by atoms with Crippen LogP contribution in [0.3, 0.4) is 0 Å². The number of halogens is 6. The van der Waals surface area contributed by atoms with E-state index in [1.807, 2.05) is 61.9 Å². The second-order valence-electron chi connectivity index (χ2n) is 26.7. The van der Waals surface area contributed by atoms with E-state index in [4.69, 9.17) is 58.0 Å². The molecule has 0 atom stereocenters. The Morgan fingerprint density at radius 1 is 0.374 bits per heavy atom. The molecule has 107 heavy (non-hydrogen) atoms. The minimum absolute atomic E-state index is 0.134. The number of pyridine rings is 3. The maximum atomic E-state index is 13.4. The van der Waals surface area contributed by atoms with E-state index in [0.29, 0.717) is 192 Å². The van der Waals surface area contributed by atoms with Crippen LogP contribution in [-0.4, -0.2) is 216 Å². The number of benzene rings is 6. The number of rotatable bonds is 20. The molecule has 3 aliphatic rings.